The number of rotatable bonds is 2. The molecule has 2 rings (SSSR count). The molecule has 1 N–H and O–H groups in total. The number of aliphatic hydroxyl groups is 1. The van der Waals surface area contributed by atoms with Gasteiger partial charge in [0.2, 0.25) is 0 Å². The van der Waals surface area contributed by atoms with Crippen molar-refractivity contribution >= 4 is 21.4 Å². The summed E-state index contributed by atoms with van der Waals surface area (Å²) >= 11 is 6.03. The first kappa shape index (κ1) is 11.9. The monoisotopic (exact) mass is 260 g/mol. The van der Waals surface area contributed by atoms with Crippen LogP contribution in [0.3, 0.4) is 0 Å². The standard InChI is InChI=1S/C11H13ClO3S/c1-7(13)5-8-6-16(14,15)10-4-2-3-9(12)11(8)10/h2-4,7-8,13H,5-6H2,1H3. The summed E-state index contributed by atoms with van der Waals surface area (Å²) in [4.78, 5) is 0.325. The Morgan fingerprint density at radius 3 is 2.88 bits per heavy atom. The van der Waals surface area contributed by atoms with Crippen molar-refractivity contribution in [3.63, 3.8) is 0 Å². The highest BCUT2D eigenvalue weighted by molar-refractivity contribution is 7.91. The third kappa shape index (κ3) is 1.97. The van der Waals surface area contributed by atoms with Gasteiger partial charge in [0.05, 0.1) is 16.8 Å². The van der Waals surface area contributed by atoms with Crippen molar-refractivity contribution in [1.82, 2.24) is 0 Å². The van der Waals surface area contributed by atoms with Gasteiger partial charge in [-0.2, -0.15) is 0 Å². The van der Waals surface area contributed by atoms with Crippen LogP contribution in [0.5, 0.6) is 0 Å². The average Bonchev–Trinajstić information content (AvgIpc) is 2.38. The Morgan fingerprint density at radius 1 is 1.56 bits per heavy atom. The maximum Gasteiger partial charge on any atom is 0.179 e. The molecule has 3 nitrogen and oxygen atoms in total. The molecular weight excluding hydrogens is 248 g/mol. The molecule has 2 unspecified atom stereocenters. The molecule has 0 saturated carbocycles. The van der Waals surface area contributed by atoms with Crippen molar-refractivity contribution in [2.24, 2.45) is 0 Å². The second kappa shape index (κ2) is 4.02. The molecule has 88 valence electrons. The first-order chi connectivity index (χ1) is 7.42. The van der Waals surface area contributed by atoms with Gasteiger partial charge in [0.1, 0.15) is 0 Å². The number of benzene rings is 1. The first-order valence-corrected chi connectivity index (χ1v) is 7.14. The van der Waals surface area contributed by atoms with E-state index in [1.165, 1.54) is 0 Å². The van der Waals surface area contributed by atoms with Gasteiger partial charge >= 0.3 is 0 Å². The molecule has 1 heterocycles. The summed E-state index contributed by atoms with van der Waals surface area (Å²) in [7, 11) is -3.22. The molecule has 1 aromatic rings. The maximum atomic E-state index is 11.9. The second-order valence-electron chi connectivity index (χ2n) is 4.21. The summed E-state index contributed by atoms with van der Waals surface area (Å²) < 4.78 is 23.7. The Balaban J connectivity index is 2.52. The van der Waals surface area contributed by atoms with Crippen LogP contribution in [0.1, 0.15) is 24.8 Å². The Labute approximate surface area is 100.0 Å². The molecule has 1 aliphatic heterocycles. The van der Waals surface area contributed by atoms with E-state index >= 15 is 0 Å². The zero-order valence-electron chi connectivity index (χ0n) is 8.85. The highest BCUT2D eigenvalue weighted by Gasteiger charge is 2.36. The number of halogens is 1. The van der Waals surface area contributed by atoms with Crippen molar-refractivity contribution in [3.8, 4) is 0 Å². The number of fused-ring (bicyclic) bond motifs is 1. The minimum absolute atomic E-state index is 0.0525. The van der Waals surface area contributed by atoms with E-state index in [2.05, 4.69) is 0 Å². The second-order valence-corrected chi connectivity index (χ2v) is 6.62. The summed E-state index contributed by atoms with van der Waals surface area (Å²) in [5.41, 5.74) is 0.671. The van der Waals surface area contributed by atoms with E-state index in [1.807, 2.05) is 0 Å². The van der Waals surface area contributed by atoms with E-state index in [9.17, 15) is 13.5 Å². The molecule has 1 aromatic carbocycles. The lowest BCUT2D eigenvalue weighted by Gasteiger charge is -2.12. The van der Waals surface area contributed by atoms with Crippen LogP contribution in [-0.2, 0) is 9.84 Å². The van der Waals surface area contributed by atoms with Gasteiger partial charge in [0, 0.05) is 10.9 Å². The highest BCUT2D eigenvalue weighted by atomic mass is 35.5. The van der Waals surface area contributed by atoms with Crippen LogP contribution in [0, 0.1) is 0 Å². The lowest BCUT2D eigenvalue weighted by atomic mass is 9.95. The summed E-state index contributed by atoms with van der Waals surface area (Å²) in [6.07, 6.45) is -0.0990. The van der Waals surface area contributed by atoms with Crippen molar-refractivity contribution in [1.29, 1.82) is 0 Å². The molecule has 0 amide bonds. The van der Waals surface area contributed by atoms with E-state index in [0.717, 1.165) is 0 Å². The Hall–Kier alpha value is -0.580. The van der Waals surface area contributed by atoms with Crippen molar-refractivity contribution < 1.29 is 13.5 Å². The molecule has 5 heteroatoms. The summed E-state index contributed by atoms with van der Waals surface area (Å²) in [6.45, 7) is 1.65. The normalized spacial score (nSPS) is 24.1. The van der Waals surface area contributed by atoms with Gasteiger partial charge in [0.15, 0.2) is 9.84 Å². The number of aliphatic hydroxyl groups excluding tert-OH is 1. The molecule has 0 spiro atoms. The van der Waals surface area contributed by atoms with Gasteiger partial charge < -0.3 is 5.11 Å². The zero-order valence-corrected chi connectivity index (χ0v) is 10.4. The molecule has 1 aliphatic rings. The summed E-state index contributed by atoms with van der Waals surface area (Å²) in [5.74, 6) is -0.134. The Bertz CT molecular complexity index is 508. The molecular formula is C11H13ClO3S. The van der Waals surface area contributed by atoms with Crippen LogP contribution < -0.4 is 0 Å². The smallest absolute Gasteiger partial charge is 0.179 e. The zero-order chi connectivity index (χ0) is 11.9. The fraction of sp³-hybridized carbons (Fsp3) is 0.455. The Morgan fingerprint density at radius 2 is 2.25 bits per heavy atom. The molecule has 0 aromatic heterocycles. The maximum absolute atomic E-state index is 11.9. The minimum atomic E-state index is -3.22. The Kier molecular flexibility index (Phi) is 2.99. The van der Waals surface area contributed by atoms with Crippen LogP contribution in [0.4, 0.5) is 0 Å². The van der Waals surface area contributed by atoms with Crippen LogP contribution in [0.15, 0.2) is 23.1 Å². The van der Waals surface area contributed by atoms with Crippen LogP contribution in [-0.4, -0.2) is 25.4 Å². The largest absolute Gasteiger partial charge is 0.393 e. The van der Waals surface area contributed by atoms with Gasteiger partial charge in [-0.05, 0) is 31.0 Å². The van der Waals surface area contributed by atoms with Gasteiger partial charge in [-0.25, -0.2) is 8.42 Å². The van der Waals surface area contributed by atoms with Crippen molar-refractivity contribution in [2.75, 3.05) is 5.75 Å². The summed E-state index contributed by atoms with van der Waals surface area (Å²) in [6, 6.07) is 4.92. The lowest BCUT2D eigenvalue weighted by Crippen LogP contribution is -2.10. The predicted molar refractivity (Wildman–Crippen MR) is 62.5 cm³/mol. The van der Waals surface area contributed by atoms with Gasteiger partial charge in [-0.1, -0.05) is 17.7 Å². The minimum Gasteiger partial charge on any atom is -0.393 e. The quantitative estimate of drug-likeness (QED) is 0.885. The predicted octanol–water partition coefficient (Wildman–Crippen LogP) is 1.98. The number of hydrogen-bond donors (Lipinski definition) is 1. The molecule has 0 bridgehead atoms. The SMILES string of the molecule is CC(O)CC1CS(=O)(=O)c2cccc(Cl)c21. The van der Waals surface area contributed by atoms with Gasteiger partial charge in [0.25, 0.3) is 0 Å². The number of sulfone groups is 1. The van der Waals surface area contributed by atoms with E-state index in [4.69, 9.17) is 11.6 Å². The fourth-order valence-corrected chi connectivity index (χ4v) is 4.51. The fourth-order valence-electron chi connectivity index (χ4n) is 2.22. The van der Waals surface area contributed by atoms with E-state index in [1.54, 1.807) is 25.1 Å². The number of hydrogen-bond acceptors (Lipinski definition) is 3. The molecule has 2 atom stereocenters. The topological polar surface area (TPSA) is 54.4 Å². The van der Waals surface area contributed by atoms with Crippen molar-refractivity contribution in [2.45, 2.75) is 30.3 Å². The lowest BCUT2D eigenvalue weighted by molar-refractivity contribution is 0.177. The molecule has 0 fully saturated rings. The van der Waals surface area contributed by atoms with Gasteiger partial charge in [-0.3, -0.25) is 0 Å². The first-order valence-electron chi connectivity index (χ1n) is 5.11. The third-order valence-corrected chi connectivity index (χ3v) is 5.00. The van der Waals surface area contributed by atoms with Crippen LogP contribution in [0.25, 0.3) is 0 Å². The van der Waals surface area contributed by atoms with E-state index in [0.29, 0.717) is 21.9 Å². The average molecular weight is 261 g/mol. The molecule has 16 heavy (non-hydrogen) atoms. The van der Waals surface area contributed by atoms with Gasteiger partial charge in [-0.15, -0.1) is 0 Å². The molecule has 0 aliphatic carbocycles. The third-order valence-electron chi connectivity index (χ3n) is 2.80. The van der Waals surface area contributed by atoms with Crippen LogP contribution in [0.2, 0.25) is 5.02 Å². The summed E-state index contributed by atoms with van der Waals surface area (Å²) in [5, 5.41) is 9.84. The van der Waals surface area contributed by atoms with Crippen LogP contribution >= 0.6 is 11.6 Å². The van der Waals surface area contributed by atoms with Crippen molar-refractivity contribution in [3.05, 3.63) is 28.8 Å². The van der Waals surface area contributed by atoms with E-state index < -0.39 is 15.9 Å². The molecule has 0 radical (unpaired) electrons. The van der Waals surface area contributed by atoms with E-state index in [-0.39, 0.29) is 11.7 Å². The highest BCUT2D eigenvalue weighted by Crippen LogP contribution is 2.41. The molecule has 0 saturated heterocycles.